The summed E-state index contributed by atoms with van der Waals surface area (Å²) in [5.41, 5.74) is 0. The predicted octanol–water partition coefficient (Wildman–Crippen LogP) is 3.62. The monoisotopic (exact) mass is 376 g/mol. The first-order valence-corrected chi connectivity index (χ1v) is 10.3. The Morgan fingerprint density at radius 2 is 1.78 bits per heavy atom. The van der Waals surface area contributed by atoms with Crippen LogP contribution in [0.1, 0.15) is 53.4 Å². The van der Waals surface area contributed by atoms with Gasteiger partial charge in [0.15, 0.2) is 0 Å². The van der Waals surface area contributed by atoms with Crippen molar-refractivity contribution in [3.8, 4) is 5.88 Å². The second kappa shape index (κ2) is 10.5. The number of carbonyl (C=O) groups excluding carboxylic acids is 1. The van der Waals surface area contributed by atoms with E-state index in [-0.39, 0.29) is 5.92 Å². The molecule has 0 aromatic carbocycles. The van der Waals surface area contributed by atoms with Crippen molar-refractivity contribution in [2.75, 3.05) is 38.2 Å². The molecule has 0 aliphatic carbocycles. The average Bonchev–Trinajstić information content (AvgIpc) is 2.67. The van der Waals surface area contributed by atoms with Crippen molar-refractivity contribution in [2.45, 2.75) is 53.4 Å². The Morgan fingerprint density at radius 1 is 1.19 bits per heavy atom. The molecule has 0 N–H and O–H groups in total. The summed E-state index contributed by atoms with van der Waals surface area (Å²) in [5, 5.41) is 0. The van der Waals surface area contributed by atoms with Crippen LogP contribution in [0.3, 0.4) is 0 Å². The lowest BCUT2D eigenvalue weighted by Crippen LogP contribution is -2.44. The van der Waals surface area contributed by atoms with Crippen molar-refractivity contribution in [1.29, 1.82) is 0 Å². The molecular weight excluding hydrogens is 340 g/mol. The normalized spacial score (nSPS) is 15.4. The zero-order valence-electron chi connectivity index (χ0n) is 17.6. The molecular formula is C21H36N4O2. The van der Waals surface area contributed by atoms with Gasteiger partial charge in [-0.3, -0.25) is 4.79 Å². The minimum atomic E-state index is 0.117. The standard InChI is InChI=1S/C21H36N4O2/c1-16(2)7-12-24(13-8-17(3)4)20(26)18-9-14-25(15-10-18)21-22-11-6-19(23-21)27-5/h6,11,16-18H,7-10,12-15H2,1-5H3. The third-order valence-electron chi connectivity index (χ3n) is 5.22. The van der Waals surface area contributed by atoms with Crippen LogP contribution in [0.25, 0.3) is 0 Å². The highest BCUT2D eigenvalue weighted by Gasteiger charge is 2.29. The van der Waals surface area contributed by atoms with E-state index in [1.165, 1.54) is 0 Å². The summed E-state index contributed by atoms with van der Waals surface area (Å²) in [4.78, 5) is 26.2. The third kappa shape index (κ3) is 6.67. The fourth-order valence-corrected chi connectivity index (χ4v) is 3.34. The van der Waals surface area contributed by atoms with Crippen LogP contribution in [0.15, 0.2) is 12.3 Å². The Morgan fingerprint density at radius 3 is 2.30 bits per heavy atom. The van der Waals surface area contributed by atoms with Gasteiger partial charge in [0.2, 0.25) is 17.7 Å². The minimum absolute atomic E-state index is 0.117. The average molecular weight is 377 g/mol. The van der Waals surface area contributed by atoms with Crippen LogP contribution in [0, 0.1) is 17.8 Å². The maximum atomic E-state index is 13.1. The molecule has 0 atom stereocenters. The molecule has 0 spiro atoms. The van der Waals surface area contributed by atoms with E-state index in [1.54, 1.807) is 19.4 Å². The topological polar surface area (TPSA) is 58.6 Å². The molecule has 0 saturated carbocycles. The van der Waals surface area contributed by atoms with Crippen molar-refractivity contribution < 1.29 is 9.53 Å². The van der Waals surface area contributed by atoms with Crippen molar-refractivity contribution >= 4 is 11.9 Å². The van der Waals surface area contributed by atoms with Crippen LogP contribution in [0.4, 0.5) is 5.95 Å². The number of ether oxygens (including phenoxy) is 1. The van der Waals surface area contributed by atoms with Gasteiger partial charge in [-0.05, 0) is 37.5 Å². The van der Waals surface area contributed by atoms with Gasteiger partial charge in [0.25, 0.3) is 0 Å². The van der Waals surface area contributed by atoms with Gasteiger partial charge in [-0.15, -0.1) is 0 Å². The van der Waals surface area contributed by atoms with Crippen molar-refractivity contribution in [3.05, 3.63) is 12.3 Å². The first kappa shape index (κ1) is 21.5. The summed E-state index contributed by atoms with van der Waals surface area (Å²) in [6.07, 6.45) is 5.58. The Bertz CT molecular complexity index is 571. The smallest absolute Gasteiger partial charge is 0.228 e. The molecule has 152 valence electrons. The van der Waals surface area contributed by atoms with Crippen LogP contribution in [-0.2, 0) is 4.79 Å². The van der Waals surface area contributed by atoms with E-state index >= 15 is 0 Å². The Balaban J connectivity index is 1.93. The summed E-state index contributed by atoms with van der Waals surface area (Å²) in [7, 11) is 1.61. The van der Waals surface area contributed by atoms with Gasteiger partial charge in [0, 0.05) is 44.4 Å². The number of methoxy groups -OCH3 is 1. The van der Waals surface area contributed by atoms with Gasteiger partial charge >= 0.3 is 0 Å². The lowest BCUT2D eigenvalue weighted by Gasteiger charge is -2.34. The van der Waals surface area contributed by atoms with Crippen molar-refractivity contribution in [3.63, 3.8) is 0 Å². The molecule has 0 unspecified atom stereocenters. The molecule has 1 aliphatic heterocycles. The van der Waals surface area contributed by atoms with E-state index in [1.807, 2.05) is 0 Å². The molecule has 1 fully saturated rings. The molecule has 1 aromatic rings. The summed E-state index contributed by atoms with van der Waals surface area (Å²) in [5.74, 6) is 2.95. The molecule has 0 bridgehead atoms. The molecule has 1 saturated heterocycles. The molecule has 0 radical (unpaired) electrons. The van der Waals surface area contributed by atoms with Gasteiger partial charge in [-0.2, -0.15) is 4.98 Å². The highest BCUT2D eigenvalue weighted by molar-refractivity contribution is 5.79. The van der Waals surface area contributed by atoms with Crippen LogP contribution in [0.5, 0.6) is 5.88 Å². The minimum Gasteiger partial charge on any atom is -0.481 e. The SMILES string of the molecule is COc1ccnc(N2CCC(C(=O)N(CCC(C)C)CCC(C)C)CC2)n1. The molecule has 2 rings (SSSR count). The summed E-state index contributed by atoms with van der Waals surface area (Å²) in [6, 6.07) is 1.75. The molecule has 2 heterocycles. The largest absolute Gasteiger partial charge is 0.481 e. The van der Waals surface area contributed by atoms with E-state index in [4.69, 9.17) is 4.74 Å². The van der Waals surface area contributed by atoms with Crippen LogP contribution < -0.4 is 9.64 Å². The molecule has 1 aromatic heterocycles. The fraction of sp³-hybridized carbons (Fsp3) is 0.762. The second-order valence-corrected chi connectivity index (χ2v) is 8.35. The number of amides is 1. The number of rotatable bonds is 9. The number of anilines is 1. The van der Waals surface area contributed by atoms with Gasteiger partial charge in [-0.25, -0.2) is 4.98 Å². The number of carbonyl (C=O) groups is 1. The van der Waals surface area contributed by atoms with Gasteiger partial charge in [0.05, 0.1) is 7.11 Å². The molecule has 6 nitrogen and oxygen atoms in total. The number of hydrogen-bond donors (Lipinski definition) is 0. The first-order chi connectivity index (χ1) is 12.9. The van der Waals surface area contributed by atoms with Gasteiger partial charge in [-0.1, -0.05) is 27.7 Å². The Hall–Kier alpha value is -1.85. The lowest BCUT2D eigenvalue weighted by molar-refractivity contribution is -0.136. The summed E-state index contributed by atoms with van der Waals surface area (Å²) >= 11 is 0. The molecule has 1 amide bonds. The molecule has 1 aliphatic rings. The van der Waals surface area contributed by atoms with E-state index < -0.39 is 0 Å². The van der Waals surface area contributed by atoms with E-state index in [0.29, 0.717) is 29.6 Å². The molecule has 27 heavy (non-hydrogen) atoms. The maximum Gasteiger partial charge on any atom is 0.228 e. The molecule has 6 heteroatoms. The number of piperidine rings is 1. The summed E-state index contributed by atoms with van der Waals surface area (Å²) in [6.45, 7) is 12.3. The zero-order chi connectivity index (χ0) is 19.8. The number of hydrogen-bond acceptors (Lipinski definition) is 5. The van der Waals surface area contributed by atoms with Gasteiger partial charge in [0.1, 0.15) is 0 Å². The van der Waals surface area contributed by atoms with E-state index in [0.717, 1.165) is 51.9 Å². The third-order valence-corrected chi connectivity index (χ3v) is 5.22. The summed E-state index contributed by atoms with van der Waals surface area (Å²) < 4.78 is 5.19. The highest BCUT2D eigenvalue weighted by atomic mass is 16.5. The Kier molecular flexibility index (Phi) is 8.32. The van der Waals surface area contributed by atoms with Crippen LogP contribution in [-0.4, -0.2) is 54.1 Å². The lowest BCUT2D eigenvalue weighted by atomic mass is 9.94. The highest BCUT2D eigenvalue weighted by Crippen LogP contribution is 2.24. The number of aromatic nitrogens is 2. The zero-order valence-corrected chi connectivity index (χ0v) is 17.6. The predicted molar refractivity (Wildman–Crippen MR) is 109 cm³/mol. The first-order valence-electron chi connectivity index (χ1n) is 10.3. The Labute approximate surface area is 164 Å². The maximum absolute atomic E-state index is 13.1. The fourth-order valence-electron chi connectivity index (χ4n) is 3.34. The van der Waals surface area contributed by atoms with Crippen molar-refractivity contribution in [2.24, 2.45) is 17.8 Å². The van der Waals surface area contributed by atoms with Crippen molar-refractivity contribution in [1.82, 2.24) is 14.9 Å². The van der Waals surface area contributed by atoms with Crippen LogP contribution >= 0.6 is 0 Å². The quantitative estimate of drug-likeness (QED) is 0.659. The number of nitrogens with zero attached hydrogens (tertiary/aromatic N) is 4. The van der Waals surface area contributed by atoms with Gasteiger partial charge < -0.3 is 14.5 Å². The second-order valence-electron chi connectivity index (χ2n) is 8.35. The van der Waals surface area contributed by atoms with Crippen LogP contribution in [0.2, 0.25) is 0 Å². The van der Waals surface area contributed by atoms with E-state index in [9.17, 15) is 4.79 Å². The van der Waals surface area contributed by atoms with E-state index in [2.05, 4.69) is 47.5 Å².